The molecule has 1 aromatic carbocycles. The highest BCUT2D eigenvalue weighted by atomic mass is 16.1. The molecule has 0 aliphatic carbocycles. The van der Waals surface area contributed by atoms with Gasteiger partial charge in [-0.05, 0) is 24.3 Å². The number of nitrogens with zero attached hydrogens (tertiary/aromatic N) is 1. The van der Waals surface area contributed by atoms with Crippen LogP contribution in [0, 0.1) is 6.07 Å². The van der Waals surface area contributed by atoms with Gasteiger partial charge in [-0.3, -0.25) is 4.79 Å². The van der Waals surface area contributed by atoms with Gasteiger partial charge in [0.2, 0.25) is 0 Å². The van der Waals surface area contributed by atoms with Crippen LogP contribution in [0.4, 0.5) is 0 Å². The Labute approximate surface area is 75.2 Å². The number of carbonyl (C=O) groups excluding carboxylic acids is 1. The van der Waals surface area contributed by atoms with Gasteiger partial charge >= 0.3 is 0 Å². The number of primary amides is 1. The molecule has 0 aliphatic heterocycles. The molecule has 0 saturated carbocycles. The fourth-order valence-electron chi connectivity index (χ4n) is 1.14. The predicted octanol–water partition coefficient (Wildman–Crippen LogP) is 1.13. The molecule has 0 unspecified atom stereocenters. The van der Waals surface area contributed by atoms with Crippen molar-refractivity contribution in [2.45, 2.75) is 0 Å². The van der Waals surface area contributed by atoms with Crippen LogP contribution < -0.4 is 5.73 Å². The molecule has 0 atom stereocenters. The molecule has 1 radical (unpaired) electrons. The summed E-state index contributed by atoms with van der Waals surface area (Å²) >= 11 is 0. The summed E-state index contributed by atoms with van der Waals surface area (Å²) in [4.78, 5) is 14.9. The van der Waals surface area contributed by atoms with Gasteiger partial charge in [0.25, 0.3) is 5.91 Å². The van der Waals surface area contributed by atoms with Gasteiger partial charge in [-0.1, -0.05) is 12.1 Å². The molecule has 0 aliphatic rings. The summed E-state index contributed by atoms with van der Waals surface area (Å²) < 4.78 is 0. The maximum atomic E-state index is 10.8. The Kier molecular flexibility index (Phi) is 1.70. The first kappa shape index (κ1) is 7.73. The zero-order valence-electron chi connectivity index (χ0n) is 6.82. The third-order valence-corrected chi connectivity index (χ3v) is 1.77. The number of aromatic nitrogens is 1. The summed E-state index contributed by atoms with van der Waals surface area (Å²) in [6.45, 7) is 0. The minimum atomic E-state index is -0.509. The average Bonchev–Trinajstić information content (AvgIpc) is 2.17. The summed E-state index contributed by atoms with van der Waals surface area (Å²) in [5.74, 6) is -0.509. The number of fused-ring (bicyclic) bond motifs is 1. The van der Waals surface area contributed by atoms with E-state index in [0.29, 0.717) is 0 Å². The van der Waals surface area contributed by atoms with Gasteiger partial charge in [-0.25, -0.2) is 4.98 Å². The van der Waals surface area contributed by atoms with Crippen LogP contribution in [0.15, 0.2) is 30.3 Å². The van der Waals surface area contributed by atoms with E-state index in [1.807, 2.05) is 12.1 Å². The van der Waals surface area contributed by atoms with E-state index in [1.165, 1.54) is 0 Å². The number of rotatable bonds is 1. The minimum Gasteiger partial charge on any atom is -0.364 e. The molecule has 0 fully saturated rings. The third-order valence-electron chi connectivity index (χ3n) is 1.77. The standard InChI is InChI=1S/C10H7N2O/c11-10(13)9-6-5-7-3-1-2-4-8(7)12-9/h1-2,4-6H,(H2,11,13). The number of hydrogen-bond acceptors (Lipinski definition) is 2. The van der Waals surface area contributed by atoms with Crippen molar-refractivity contribution in [1.82, 2.24) is 4.98 Å². The molecular weight excluding hydrogens is 164 g/mol. The van der Waals surface area contributed by atoms with Gasteiger partial charge in [0.15, 0.2) is 0 Å². The third kappa shape index (κ3) is 1.36. The maximum Gasteiger partial charge on any atom is 0.267 e. The van der Waals surface area contributed by atoms with Crippen LogP contribution in [0.5, 0.6) is 0 Å². The molecule has 3 nitrogen and oxygen atoms in total. The Morgan fingerprint density at radius 2 is 2.23 bits per heavy atom. The lowest BCUT2D eigenvalue weighted by Crippen LogP contribution is -2.12. The van der Waals surface area contributed by atoms with Crippen molar-refractivity contribution in [2.75, 3.05) is 0 Å². The molecule has 2 N–H and O–H groups in total. The van der Waals surface area contributed by atoms with E-state index in [4.69, 9.17) is 5.73 Å². The van der Waals surface area contributed by atoms with Crippen LogP contribution in [-0.2, 0) is 0 Å². The second kappa shape index (κ2) is 2.86. The maximum absolute atomic E-state index is 10.8. The fourth-order valence-corrected chi connectivity index (χ4v) is 1.14. The quantitative estimate of drug-likeness (QED) is 0.699. The minimum absolute atomic E-state index is 0.284. The predicted molar refractivity (Wildman–Crippen MR) is 49.1 cm³/mol. The van der Waals surface area contributed by atoms with E-state index >= 15 is 0 Å². The molecule has 2 rings (SSSR count). The first-order valence-electron chi connectivity index (χ1n) is 3.84. The second-order valence-corrected chi connectivity index (χ2v) is 2.66. The smallest absolute Gasteiger partial charge is 0.267 e. The zero-order valence-corrected chi connectivity index (χ0v) is 6.82. The number of hydrogen-bond donors (Lipinski definition) is 1. The Morgan fingerprint density at radius 3 is 3.00 bits per heavy atom. The van der Waals surface area contributed by atoms with Crippen molar-refractivity contribution in [3.05, 3.63) is 42.1 Å². The molecule has 2 aromatic rings. The SMILES string of the molecule is NC(=O)c1ccc2[c]cccc2n1. The van der Waals surface area contributed by atoms with Crippen LogP contribution in [0.1, 0.15) is 10.5 Å². The van der Waals surface area contributed by atoms with Gasteiger partial charge < -0.3 is 5.73 Å². The summed E-state index contributed by atoms with van der Waals surface area (Å²) in [6.07, 6.45) is 0. The van der Waals surface area contributed by atoms with Gasteiger partial charge in [0.05, 0.1) is 5.52 Å². The Hall–Kier alpha value is -1.90. The van der Waals surface area contributed by atoms with Crippen molar-refractivity contribution in [3.63, 3.8) is 0 Å². The highest BCUT2D eigenvalue weighted by Crippen LogP contribution is 2.10. The van der Waals surface area contributed by atoms with Crippen LogP contribution in [0.3, 0.4) is 0 Å². The Morgan fingerprint density at radius 1 is 1.38 bits per heavy atom. The molecule has 1 heterocycles. The topological polar surface area (TPSA) is 56.0 Å². The second-order valence-electron chi connectivity index (χ2n) is 2.66. The van der Waals surface area contributed by atoms with E-state index in [1.54, 1.807) is 18.2 Å². The zero-order chi connectivity index (χ0) is 9.26. The molecule has 0 saturated heterocycles. The van der Waals surface area contributed by atoms with E-state index < -0.39 is 5.91 Å². The first-order valence-corrected chi connectivity index (χ1v) is 3.84. The van der Waals surface area contributed by atoms with Gasteiger partial charge in [-0.15, -0.1) is 0 Å². The van der Waals surface area contributed by atoms with Crippen molar-refractivity contribution >= 4 is 16.8 Å². The lowest BCUT2D eigenvalue weighted by Gasteiger charge is -1.97. The number of pyridine rings is 1. The Balaban J connectivity index is 2.69. The van der Waals surface area contributed by atoms with Crippen molar-refractivity contribution in [1.29, 1.82) is 0 Å². The molecule has 1 amide bonds. The summed E-state index contributed by atoms with van der Waals surface area (Å²) in [5.41, 5.74) is 6.11. The molecule has 0 spiro atoms. The van der Waals surface area contributed by atoms with Crippen molar-refractivity contribution in [3.8, 4) is 0 Å². The molecule has 0 bridgehead atoms. The average molecular weight is 171 g/mol. The molecule has 3 heteroatoms. The van der Waals surface area contributed by atoms with Crippen molar-refractivity contribution in [2.24, 2.45) is 5.73 Å². The van der Waals surface area contributed by atoms with Gasteiger partial charge in [0, 0.05) is 5.39 Å². The molecule has 63 valence electrons. The van der Waals surface area contributed by atoms with E-state index in [-0.39, 0.29) is 5.69 Å². The summed E-state index contributed by atoms with van der Waals surface area (Å²) in [6, 6.07) is 11.8. The van der Waals surface area contributed by atoms with Crippen LogP contribution >= 0.6 is 0 Å². The van der Waals surface area contributed by atoms with E-state index in [0.717, 1.165) is 10.9 Å². The number of amides is 1. The number of nitrogens with two attached hydrogens (primary N) is 1. The fraction of sp³-hybridized carbons (Fsp3) is 0. The lowest BCUT2D eigenvalue weighted by molar-refractivity contribution is 0.0996. The highest BCUT2D eigenvalue weighted by Gasteiger charge is 2.01. The van der Waals surface area contributed by atoms with E-state index in [9.17, 15) is 4.79 Å². The molecular formula is C10H7N2O. The summed E-state index contributed by atoms with van der Waals surface area (Å²) in [5, 5.41) is 0.882. The monoisotopic (exact) mass is 171 g/mol. The van der Waals surface area contributed by atoms with Crippen LogP contribution in [0.2, 0.25) is 0 Å². The first-order chi connectivity index (χ1) is 6.27. The van der Waals surface area contributed by atoms with Crippen molar-refractivity contribution < 1.29 is 4.79 Å². The number of carbonyl (C=O) groups is 1. The lowest BCUT2D eigenvalue weighted by atomic mass is 10.2. The summed E-state index contributed by atoms with van der Waals surface area (Å²) in [7, 11) is 0. The van der Waals surface area contributed by atoms with Crippen LogP contribution in [0.25, 0.3) is 10.9 Å². The largest absolute Gasteiger partial charge is 0.364 e. The van der Waals surface area contributed by atoms with Gasteiger partial charge in [0.1, 0.15) is 5.69 Å². The van der Waals surface area contributed by atoms with E-state index in [2.05, 4.69) is 11.1 Å². The highest BCUT2D eigenvalue weighted by molar-refractivity contribution is 5.93. The number of benzene rings is 1. The normalized spacial score (nSPS) is 10.2. The molecule has 1 aromatic heterocycles. The van der Waals surface area contributed by atoms with Gasteiger partial charge in [-0.2, -0.15) is 0 Å². The Bertz CT molecular complexity index is 465. The van der Waals surface area contributed by atoms with Crippen LogP contribution in [-0.4, -0.2) is 10.9 Å². The molecule has 13 heavy (non-hydrogen) atoms.